The van der Waals surface area contributed by atoms with Gasteiger partial charge in [-0.25, -0.2) is 4.98 Å². The Labute approximate surface area is 97.2 Å². The highest BCUT2D eigenvalue weighted by molar-refractivity contribution is 6.03. The fourth-order valence-electron chi connectivity index (χ4n) is 1.72. The summed E-state index contributed by atoms with van der Waals surface area (Å²) in [5.41, 5.74) is 2.03. The molecule has 0 atom stereocenters. The molecule has 4 heteroatoms. The second kappa shape index (κ2) is 3.80. The van der Waals surface area contributed by atoms with E-state index in [2.05, 4.69) is 15.9 Å². The summed E-state index contributed by atoms with van der Waals surface area (Å²) in [5.74, 6) is 2.77. The quantitative estimate of drug-likeness (QED) is 0.627. The van der Waals surface area contributed by atoms with Crippen molar-refractivity contribution in [2.24, 2.45) is 0 Å². The molecule has 17 heavy (non-hydrogen) atoms. The highest BCUT2D eigenvalue weighted by Gasteiger charge is 2.13. The molecule has 3 aromatic rings. The van der Waals surface area contributed by atoms with E-state index in [0.717, 1.165) is 16.5 Å². The van der Waals surface area contributed by atoms with E-state index in [4.69, 9.17) is 15.6 Å². The number of rotatable bonds is 2. The minimum atomic E-state index is 0.156. The molecule has 0 saturated heterocycles. The number of furan rings is 1. The zero-order chi connectivity index (χ0) is 11.7. The molecule has 2 heterocycles. The first-order valence-corrected chi connectivity index (χ1v) is 5.08. The van der Waals surface area contributed by atoms with Gasteiger partial charge in [0.25, 0.3) is 5.88 Å². The van der Waals surface area contributed by atoms with Crippen LogP contribution >= 0.6 is 0 Å². The van der Waals surface area contributed by atoms with Crippen molar-refractivity contribution in [3.05, 3.63) is 30.6 Å². The van der Waals surface area contributed by atoms with Crippen molar-refractivity contribution in [1.29, 1.82) is 0 Å². The first kappa shape index (κ1) is 9.67. The average Bonchev–Trinajstić information content (AvgIpc) is 2.75. The van der Waals surface area contributed by atoms with Gasteiger partial charge >= 0.3 is 0 Å². The summed E-state index contributed by atoms with van der Waals surface area (Å²) in [6.45, 7) is 0.156. The van der Waals surface area contributed by atoms with Gasteiger partial charge in [-0.15, -0.1) is 6.42 Å². The van der Waals surface area contributed by atoms with E-state index in [9.17, 15) is 0 Å². The monoisotopic (exact) mass is 224 g/mol. The predicted molar refractivity (Wildman–Crippen MR) is 63.6 cm³/mol. The van der Waals surface area contributed by atoms with Crippen molar-refractivity contribution in [3.63, 3.8) is 0 Å². The Bertz CT molecular complexity index is 725. The van der Waals surface area contributed by atoms with Gasteiger partial charge in [0.2, 0.25) is 5.58 Å². The lowest BCUT2D eigenvalue weighted by Crippen LogP contribution is -1.96. The lowest BCUT2D eigenvalue weighted by Gasteiger charge is -1.99. The number of benzene rings is 1. The molecular weight excluding hydrogens is 216 g/mol. The van der Waals surface area contributed by atoms with Gasteiger partial charge in [0, 0.05) is 5.39 Å². The number of hydrogen-bond donors (Lipinski definition) is 0. The van der Waals surface area contributed by atoms with Crippen LogP contribution in [-0.4, -0.2) is 16.6 Å². The van der Waals surface area contributed by atoms with Crippen LogP contribution in [0.25, 0.3) is 22.1 Å². The van der Waals surface area contributed by atoms with Crippen LogP contribution < -0.4 is 4.74 Å². The maximum Gasteiger partial charge on any atom is 0.262 e. The second-order valence-corrected chi connectivity index (χ2v) is 3.45. The van der Waals surface area contributed by atoms with Gasteiger partial charge in [0.15, 0.2) is 6.61 Å². The lowest BCUT2D eigenvalue weighted by atomic mass is 10.2. The second-order valence-electron chi connectivity index (χ2n) is 3.45. The fourth-order valence-corrected chi connectivity index (χ4v) is 1.72. The third-order valence-electron chi connectivity index (χ3n) is 2.42. The summed E-state index contributed by atoms with van der Waals surface area (Å²) in [6, 6.07) is 7.66. The van der Waals surface area contributed by atoms with Crippen LogP contribution in [0.2, 0.25) is 0 Å². The number of nitrogens with zero attached hydrogens (tertiary/aromatic N) is 2. The van der Waals surface area contributed by atoms with Crippen LogP contribution in [0, 0.1) is 12.3 Å². The van der Waals surface area contributed by atoms with E-state index in [-0.39, 0.29) is 6.61 Å². The molecule has 2 aromatic heterocycles. The molecule has 0 unspecified atom stereocenters. The van der Waals surface area contributed by atoms with Gasteiger partial charge < -0.3 is 9.15 Å². The van der Waals surface area contributed by atoms with Gasteiger partial charge in [0.05, 0.1) is 0 Å². The van der Waals surface area contributed by atoms with Crippen molar-refractivity contribution >= 4 is 22.1 Å². The van der Waals surface area contributed by atoms with Gasteiger partial charge in [-0.05, 0) is 12.1 Å². The summed E-state index contributed by atoms with van der Waals surface area (Å²) in [5, 5.41) is 0.940. The highest BCUT2D eigenvalue weighted by atomic mass is 16.5. The Morgan fingerprint density at radius 2 is 2.18 bits per heavy atom. The third kappa shape index (κ3) is 1.49. The molecule has 0 bridgehead atoms. The Hall–Kier alpha value is -2.54. The summed E-state index contributed by atoms with van der Waals surface area (Å²) >= 11 is 0. The number of fused-ring (bicyclic) bond motifs is 3. The van der Waals surface area contributed by atoms with Gasteiger partial charge in [-0.2, -0.15) is 4.98 Å². The summed E-state index contributed by atoms with van der Waals surface area (Å²) < 4.78 is 11.0. The molecule has 1 aromatic carbocycles. The van der Waals surface area contributed by atoms with Crippen molar-refractivity contribution < 1.29 is 9.15 Å². The van der Waals surface area contributed by atoms with Crippen molar-refractivity contribution in [2.45, 2.75) is 0 Å². The van der Waals surface area contributed by atoms with E-state index in [1.165, 1.54) is 6.33 Å². The lowest BCUT2D eigenvalue weighted by molar-refractivity contribution is 0.353. The van der Waals surface area contributed by atoms with Crippen LogP contribution in [-0.2, 0) is 0 Å². The summed E-state index contributed by atoms with van der Waals surface area (Å²) in [4.78, 5) is 8.22. The van der Waals surface area contributed by atoms with Crippen LogP contribution in [0.4, 0.5) is 0 Å². The minimum Gasteiger partial charge on any atom is -0.462 e. The van der Waals surface area contributed by atoms with Gasteiger partial charge in [-0.3, -0.25) is 0 Å². The predicted octanol–water partition coefficient (Wildman–Crippen LogP) is 2.39. The van der Waals surface area contributed by atoms with E-state index in [1.54, 1.807) is 0 Å². The first-order chi connectivity index (χ1) is 8.40. The molecule has 0 fully saturated rings. The van der Waals surface area contributed by atoms with Crippen LogP contribution in [0.15, 0.2) is 35.0 Å². The molecule has 0 aliphatic carbocycles. The molecule has 0 spiro atoms. The molecule has 0 radical (unpaired) electrons. The molecule has 3 rings (SSSR count). The molecular formula is C13H8N2O2. The number of hydrogen-bond acceptors (Lipinski definition) is 4. The highest BCUT2D eigenvalue weighted by Crippen LogP contribution is 2.31. The maximum atomic E-state index is 5.66. The Balaban J connectivity index is 2.28. The van der Waals surface area contributed by atoms with Crippen molar-refractivity contribution in [1.82, 2.24) is 9.97 Å². The number of aromatic nitrogens is 2. The minimum absolute atomic E-state index is 0.156. The third-order valence-corrected chi connectivity index (χ3v) is 2.42. The van der Waals surface area contributed by atoms with Crippen LogP contribution in [0.1, 0.15) is 0 Å². The molecule has 0 aliphatic heterocycles. The SMILES string of the molecule is C#CCOc1ncnc2c1oc1ccccc12. The molecule has 82 valence electrons. The molecule has 0 saturated carbocycles. The fraction of sp³-hybridized carbons (Fsp3) is 0.0769. The maximum absolute atomic E-state index is 5.66. The number of para-hydroxylation sites is 1. The zero-order valence-corrected chi connectivity index (χ0v) is 8.88. The Morgan fingerprint density at radius 1 is 1.29 bits per heavy atom. The summed E-state index contributed by atoms with van der Waals surface area (Å²) in [6.07, 6.45) is 6.59. The van der Waals surface area contributed by atoms with E-state index < -0.39 is 0 Å². The Kier molecular flexibility index (Phi) is 2.16. The van der Waals surface area contributed by atoms with Crippen LogP contribution in [0.5, 0.6) is 5.88 Å². The topological polar surface area (TPSA) is 48.2 Å². The smallest absolute Gasteiger partial charge is 0.262 e. The first-order valence-electron chi connectivity index (χ1n) is 5.08. The zero-order valence-electron chi connectivity index (χ0n) is 8.88. The largest absolute Gasteiger partial charge is 0.462 e. The van der Waals surface area contributed by atoms with E-state index in [1.807, 2.05) is 24.3 Å². The van der Waals surface area contributed by atoms with Crippen molar-refractivity contribution in [2.75, 3.05) is 6.61 Å². The van der Waals surface area contributed by atoms with Crippen LogP contribution in [0.3, 0.4) is 0 Å². The van der Waals surface area contributed by atoms with Gasteiger partial charge in [0.1, 0.15) is 17.4 Å². The molecule has 0 aliphatic rings. The van der Waals surface area contributed by atoms with E-state index in [0.29, 0.717) is 11.5 Å². The molecule has 0 N–H and O–H groups in total. The Morgan fingerprint density at radius 3 is 3.06 bits per heavy atom. The summed E-state index contributed by atoms with van der Waals surface area (Å²) in [7, 11) is 0. The molecule has 0 amide bonds. The standard InChI is InChI=1S/C13H8N2O2/c1-2-7-16-13-12-11(14-8-15-13)9-5-3-4-6-10(9)17-12/h1,3-6,8H,7H2. The van der Waals surface area contributed by atoms with E-state index >= 15 is 0 Å². The normalized spacial score (nSPS) is 10.5. The van der Waals surface area contributed by atoms with Gasteiger partial charge in [-0.1, -0.05) is 18.1 Å². The number of terminal acetylenes is 1. The molecule has 4 nitrogen and oxygen atoms in total. The van der Waals surface area contributed by atoms with Crippen molar-refractivity contribution in [3.8, 4) is 18.2 Å². The average molecular weight is 224 g/mol. The number of ether oxygens (including phenoxy) is 1.